The van der Waals surface area contributed by atoms with Gasteiger partial charge in [0.15, 0.2) is 0 Å². The maximum atomic E-state index is 10.6. The van der Waals surface area contributed by atoms with Gasteiger partial charge in [-0.05, 0) is 12.0 Å². The van der Waals surface area contributed by atoms with Gasteiger partial charge in [0.2, 0.25) is 0 Å². The highest BCUT2D eigenvalue weighted by Crippen LogP contribution is 2.24. The summed E-state index contributed by atoms with van der Waals surface area (Å²) in [6, 6.07) is 8.02. The molecule has 0 unspecified atom stereocenters. The van der Waals surface area contributed by atoms with Gasteiger partial charge in [0.05, 0.1) is 18.7 Å². The van der Waals surface area contributed by atoms with Crippen LogP contribution in [0.3, 0.4) is 0 Å². The Hall–Kier alpha value is -1.72. The van der Waals surface area contributed by atoms with E-state index in [1.54, 1.807) is 5.38 Å². The number of rotatable bonds is 7. The first-order chi connectivity index (χ1) is 9.69. The van der Waals surface area contributed by atoms with Crippen molar-refractivity contribution in [3.8, 4) is 10.6 Å². The fourth-order valence-electron chi connectivity index (χ4n) is 1.75. The lowest BCUT2D eigenvalue weighted by Gasteiger charge is -2.03. The van der Waals surface area contributed by atoms with Gasteiger partial charge < -0.3 is 9.84 Å². The number of thiazole rings is 1. The van der Waals surface area contributed by atoms with Crippen molar-refractivity contribution in [2.75, 3.05) is 6.61 Å². The molecular formula is C15H17NO3S. The monoisotopic (exact) mass is 291 g/mol. The first kappa shape index (κ1) is 14.7. The highest BCUT2D eigenvalue weighted by Gasteiger charge is 2.07. The predicted octanol–water partition coefficient (Wildman–Crippen LogP) is 3.36. The zero-order valence-electron chi connectivity index (χ0n) is 11.3. The maximum Gasteiger partial charge on any atom is 0.309 e. The summed E-state index contributed by atoms with van der Waals surface area (Å²) in [5.74, 6) is -0.856. The van der Waals surface area contributed by atoms with Crippen LogP contribution in [0, 0.1) is 0 Å². The molecule has 4 nitrogen and oxygen atoms in total. The van der Waals surface area contributed by atoms with Crippen molar-refractivity contribution in [3.05, 3.63) is 40.9 Å². The summed E-state index contributed by atoms with van der Waals surface area (Å²) in [5.41, 5.74) is 2.74. The normalized spacial score (nSPS) is 10.7. The summed E-state index contributed by atoms with van der Waals surface area (Å²) >= 11 is 1.47. The van der Waals surface area contributed by atoms with Gasteiger partial charge in [0.25, 0.3) is 0 Å². The van der Waals surface area contributed by atoms with Gasteiger partial charge in [0.1, 0.15) is 5.01 Å². The molecule has 1 heterocycles. The van der Waals surface area contributed by atoms with E-state index >= 15 is 0 Å². The second-order valence-corrected chi connectivity index (χ2v) is 5.32. The molecule has 1 N–H and O–H groups in total. The molecule has 0 saturated heterocycles. The molecule has 0 fully saturated rings. The number of aliphatic carboxylic acids is 1. The Morgan fingerprint density at radius 1 is 1.35 bits per heavy atom. The largest absolute Gasteiger partial charge is 0.481 e. The molecule has 0 aliphatic carbocycles. The van der Waals surface area contributed by atoms with Crippen LogP contribution in [0.5, 0.6) is 0 Å². The lowest BCUT2D eigenvalue weighted by atomic mass is 10.1. The Balaban J connectivity index is 2.02. The molecule has 1 aromatic heterocycles. The molecule has 0 bridgehead atoms. The molecule has 20 heavy (non-hydrogen) atoms. The quantitative estimate of drug-likeness (QED) is 0.795. The zero-order valence-corrected chi connectivity index (χ0v) is 12.2. The number of nitrogens with zero attached hydrogens (tertiary/aromatic N) is 1. The Labute approximate surface area is 122 Å². The number of hydrogen-bond donors (Lipinski definition) is 1. The SMILES string of the molecule is CCCOCc1ccc(-c2nc(CC(=O)O)cs2)cc1. The van der Waals surface area contributed by atoms with Crippen LogP contribution in [0.2, 0.25) is 0 Å². The van der Waals surface area contributed by atoms with E-state index in [2.05, 4.69) is 11.9 Å². The number of ether oxygens (including phenoxy) is 1. The number of aromatic nitrogens is 1. The van der Waals surface area contributed by atoms with Gasteiger partial charge in [-0.15, -0.1) is 11.3 Å². The van der Waals surface area contributed by atoms with Crippen molar-refractivity contribution in [2.45, 2.75) is 26.4 Å². The first-order valence-electron chi connectivity index (χ1n) is 6.52. The molecule has 0 aliphatic rings. The van der Waals surface area contributed by atoms with Gasteiger partial charge in [-0.25, -0.2) is 4.98 Å². The maximum absolute atomic E-state index is 10.6. The molecule has 0 spiro atoms. The summed E-state index contributed by atoms with van der Waals surface area (Å²) in [7, 11) is 0. The minimum Gasteiger partial charge on any atom is -0.481 e. The van der Waals surface area contributed by atoms with Gasteiger partial charge in [0, 0.05) is 17.6 Å². The number of carboxylic acids is 1. The molecule has 1 aromatic carbocycles. The predicted molar refractivity (Wildman–Crippen MR) is 78.8 cm³/mol. The van der Waals surface area contributed by atoms with Gasteiger partial charge in [-0.1, -0.05) is 31.2 Å². The summed E-state index contributed by atoms with van der Waals surface area (Å²) in [4.78, 5) is 15.0. The van der Waals surface area contributed by atoms with Gasteiger partial charge >= 0.3 is 5.97 Å². The van der Waals surface area contributed by atoms with Crippen molar-refractivity contribution in [2.24, 2.45) is 0 Å². The average molecular weight is 291 g/mol. The summed E-state index contributed by atoms with van der Waals surface area (Å²) in [6.07, 6.45) is 0.989. The summed E-state index contributed by atoms with van der Waals surface area (Å²) < 4.78 is 5.48. The van der Waals surface area contributed by atoms with Gasteiger partial charge in [-0.3, -0.25) is 4.79 Å². The van der Waals surface area contributed by atoms with Gasteiger partial charge in [-0.2, -0.15) is 0 Å². The third-order valence-corrected chi connectivity index (χ3v) is 3.64. The lowest BCUT2D eigenvalue weighted by Crippen LogP contribution is -1.99. The van der Waals surface area contributed by atoms with Crippen molar-refractivity contribution in [1.82, 2.24) is 4.98 Å². The van der Waals surface area contributed by atoms with Crippen molar-refractivity contribution < 1.29 is 14.6 Å². The second-order valence-electron chi connectivity index (χ2n) is 4.46. The molecule has 0 saturated carbocycles. The fraction of sp³-hybridized carbons (Fsp3) is 0.333. The fourth-order valence-corrected chi connectivity index (χ4v) is 2.58. The second kappa shape index (κ2) is 7.17. The number of carboxylic acid groups (broad SMARTS) is 1. The summed E-state index contributed by atoms with van der Waals surface area (Å²) in [5, 5.41) is 11.4. The highest BCUT2D eigenvalue weighted by molar-refractivity contribution is 7.13. The number of benzene rings is 1. The van der Waals surface area contributed by atoms with Crippen LogP contribution >= 0.6 is 11.3 Å². The van der Waals surface area contributed by atoms with Crippen LogP contribution in [-0.2, 0) is 22.6 Å². The van der Waals surface area contributed by atoms with E-state index in [0.717, 1.165) is 29.2 Å². The van der Waals surface area contributed by atoms with E-state index in [1.165, 1.54) is 11.3 Å². The Morgan fingerprint density at radius 2 is 2.10 bits per heavy atom. The van der Waals surface area contributed by atoms with E-state index in [4.69, 9.17) is 9.84 Å². The molecule has 5 heteroatoms. The number of hydrogen-bond acceptors (Lipinski definition) is 4. The van der Waals surface area contributed by atoms with Crippen molar-refractivity contribution >= 4 is 17.3 Å². The molecule has 0 aliphatic heterocycles. The zero-order chi connectivity index (χ0) is 14.4. The van der Waals surface area contributed by atoms with Crippen LogP contribution < -0.4 is 0 Å². The van der Waals surface area contributed by atoms with Crippen LogP contribution in [0.1, 0.15) is 24.6 Å². The van der Waals surface area contributed by atoms with Crippen LogP contribution in [-0.4, -0.2) is 22.7 Å². The Kier molecular flexibility index (Phi) is 5.26. The minimum absolute atomic E-state index is 0.0283. The third kappa shape index (κ3) is 4.15. The topological polar surface area (TPSA) is 59.4 Å². The number of carbonyl (C=O) groups is 1. The molecule has 0 atom stereocenters. The smallest absolute Gasteiger partial charge is 0.309 e. The first-order valence-corrected chi connectivity index (χ1v) is 7.40. The molecule has 0 radical (unpaired) electrons. The van der Waals surface area contributed by atoms with Crippen molar-refractivity contribution in [3.63, 3.8) is 0 Å². The van der Waals surface area contributed by atoms with E-state index in [1.807, 2.05) is 24.3 Å². The van der Waals surface area contributed by atoms with Crippen LogP contribution in [0.4, 0.5) is 0 Å². The molecule has 106 valence electrons. The van der Waals surface area contributed by atoms with Crippen LogP contribution in [0.15, 0.2) is 29.6 Å². The van der Waals surface area contributed by atoms with E-state index in [-0.39, 0.29) is 6.42 Å². The summed E-state index contributed by atoms with van der Waals surface area (Å²) in [6.45, 7) is 3.48. The third-order valence-electron chi connectivity index (χ3n) is 2.70. The van der Waals surface area contributed by atoms with E-state index in [9.17, 15) is 4.79 Å². The molecule has 0 amide bonds. The molecule has 2 aromatic rings. The van der Waals surface area contributed by atoms with Crippen LogP contribution in [0.25, 0.3) is 10.6 Å². The average Bonchev–Trinajstić information content (AvgIpc) is 2.87. The van der Waals surface area contributed by atoms with Crippen molar-refractivity contribution in [1.29, 1.82) is 0 Å². The Morgan fingerprint density at radius 3 is 2.75 bits per heavy atom. The molecule has 2 rings (SSSR count). The standard InChI is InChI=1S/C15H17NO3S/c1-2-7-19-9-11-3-5-12(6-4-11)15-16-13(10-20-15)8-14(17)18/h3-6,10H,2,7-9H2,1H3,(H,17,18). The lowest BCUT2D eigenvalue weighted by molar-refractivity contribution is -0.136. The van der Waals surface area contributed by atoms with E-state index < -0.39 is 5.97 Å². The Bertz CT molecular complexity index is 563. The molecular weight excluding hydrogens is 274 g/mol. The van der Waals surface area contributed by atoms with E-state index in [0.29, 0.717) is 12.3 Å². The highest BCUT2D eigenvalue weighted by atomic mass is 32.1. The minimum atomic E-state index is -0.856.